The summed E-state index contributed by atoms with van der Waals surface area (Å²) in [6.45, 7) is 0.903. The number of carbonyl (C=O) groups is 1. The summed E-state index contributed by atoms with van der Waals surface area (Å²) in [6, 6.07) is 10.7. The van der Waals surface area contributed by atoms with Gasteiger partial charge in [-0.15, -0.1) is 0 Å². The van der Waals surface area contributed by atoms with Gasteiger partial charge in [0.1, 0.15) is 6.54 Å². The van der Waals surface area contributed by atoms with Crippen molar-refractivity contribution in [1.29, 1.82) is 0 Å². The standard InChI is InChI=1S/C20H16N6O3/c27-17(11-26-12-22-16-6-2-1-5-15(16)20(26)28)25-9-14(10-25)19-23-18(24-29-19)13-4-3-7-21-8-13/h1-8,12,14H,9-11H2. The average Bonchev–Trinajstić information content (AvgIpc) is 3.19. The van der Waals surface area contributed by atoms with Gasteiger partial charge in [0.25, 0.3) is 5.56 Å². The molecule has 29 heavy (non-hydrogen) atoms. The number of likely N-dealkylation sites (tertiary alicyclic amines) is 1. The first-order chi connectivity index (χ1) is 14.2. The minimum Gasteiger partial charge on any atom is -0.339 e. The molecular weight excluding hydrogens is 372 g/mol. The van der Waals surface area contributed by atoms with E-state index in [0.29, 0.717) is 35.7 Å². The summed E-state index contributed by atoms with van der Waals surface area (Å²) in [4.78, 5) is 39.4. The van der Waals surface area contributed by atoms with Gasteiger partial charge in [0.05, 0.1) is 23.1 Å². The van der Waals surface area contributed by atoms with Crippen molar-refractivity contribution < 1.29 is 9.32 Å². The zero-order valence-electron chi connectivity index (χ0n) is 15.3. The lowest BCUT2D eigenvalue weighted by Crippen LogP contribution is -2.50. The number of amides is 1. The Hall–Kier alpha value is -3.88. The molecule has 0 unspecified atom stereocenters. The maximum atomic E-state index is 12.6. The Morgan fingerprint density at radius 3 is 2.86 bits per heavy atom. The highest BCUT2D eigenvalue weighted by Crippen LogP contribution is 2.27. The minimum atomic E-state index is -0.223. The van der Waals surface area contributed by atoms with Gasteiger partial charge in [0, 0.05) is 31.0 Å². The van der Waals surface area contributed by atoms with Gasteiger partial charge in [-0.25, -0.2) is 4.98 Å². The molecule has 1 aliphatic rings. The largest absolute Gasteiger partial charge is 0.339 e. The second-order valence-electron chi connectivity index (χ2n) is 6.89. The number of fused-ring (bicyclic) bond motifs is 1. The van der Waals surface area contributed by atoms with Crippen LogP contribution in [0.5, 0.6) is 0 Å². The van der Waals surface area contributed by atoms with E-state index in [1.54, 1.807) is 41.6 Å². The second kappa shape index (κ2) is 6.93. The molecule has 9 heteroatoms. The molecule has 9 nitrogen and oxygen atoms in total. The third-order valence-electron chi connectivity index (χ3n) is 4.98. The molecule has 0 N–H and O–H groups in total. The zero-order chi connectivity index (χ0) is 19.8. The van der Waals surface area contributed by atoms with E-state index in [1.165, 1.54) is 10.9 Å². The van der Waals surface area contributed by atoms with Crippen LogP contribution in [0.3, 0.4) is 0 Å². The summed E-state index contributed by atoms with van der Waals surface area (Å²) in [7, 11) is 0. The maximum absolute atomic E-state index is 12.6. The molecule has 144 valence electrons. The first kappa shape index (κ1) is 17.2. The molecule has 0 bridgehead atoms. The third-order valence-corrected chi connectivity index (χ3v) is 4.98. The van der Waals surface area contributed by atoms with Crippen LogP contribution in [0.1, 0.15) is 11.8 Å². The Morgan fingerprint density at radius 2 is 2.03 bits per heavy atom. The van der Waals surface area contributed by atoms with E-state index < -0.39 is 0 Å². The predicted octanol–water partition coefficient (Wildman–Crippen LogP) is 1.47. The van der Waals surface area contributed by atoms with Crippen LogP contribution in [-0.4, -0.2) is 48.6 Å². The summed E-state index contributed by atoms with van der Waals surface area (Å²) in [5.74, 6) is 0.819. The average molecular weight is 388 g/mol. The molecule has 4 heterocycles. The number of carbonyl (C=O) groups excluding carboxylic acids is 1. The van der Waals surface area contributed by atoms with Gasteiger partial charge in [-0.3, -0.25) is 19.1 Å². The molecule has 1 aromatic carbocycles. The molecule has 3 aromatic heterocycles. The van der Waals surface area contributed by atoms with Gasteiger partial charge in [-0.05, 0) is 24.3 Å². The van der Waals surface area contributed by atoms with Crippen molar-refractivity contribution in [3.63, 3.8) is 0 Å². The van der Waals surface area contributed by atoms with E-state index in [0.717, 1.165) is 5.56 Å². The van der Waals surface area contributed by atoms with Gasteiger partial charge in [-0.1, -0.05) is 17.3 Å². The Labute approximate surface area is 164 Å². The molecule has 1 saturated heterocycles. The van der Waals surface area contributed by atoms with Crippen molar-refractivity contribution in [2.24, 2.45) is 0 Å². The van der Waals surface area contributed by atoms with Crippen molar-refractivity contribution in [3.8, 4) is 11.4 Å². The van der Waals surface area contributed by atoms with Crippen LogP contribution < -0.4 is 5.56 Å². The lowest BCUT2D eigenvalue weighted by Gasteiger charge is -2.37. The number of para-hydroxylation sites is 1. The summed E-state index contributed by atoms with van der Waals surface area (Å²) in [5.41, 5.74) is 1.17. The Kier molecular flexibility index (Phi) is 4.12. The summed E-state index contributed by atoms with van der Waals surface area (Å²) < 4.78 is 6.68. The van der Waals surface area contributed by atoms with Gasteiger partial charge in [0.15, 0.2) is 0 Å². The fourth-order valence-electron chi connectivity index (χ4n) is 3.32. The monoisotopic (exact) mass is 388 g/mol. The lowest BCUT2D eigenvalue weighted by atomic mass is 10.00. The Balaban J connectivity index is 1.25. The highest BCUT2D eigenvalue weighted by atomic mass is 16.5. The highest BCUT2D eigenvalue weighted by molar-refractivity contribution is 5.79. The topological polar surface area (TPSA) is 107 Å². The van der Waals surface area contributed by atoms with E-state index in [-0.39, 0.29) is 23.9 Å². The van der Waals surface area contributed by atoms with Crippen molar-refractivity contribution in [2.45, 2.75) is 12.5 Å². The number of rotatable bonds is 4. The molecule has 1 fully saturated rings. The summed E-state index contributed by atoms with van der Waals surface area (Å²) in [6.07, 6.45) is 4.76. The molecule has 0 spiro atoms. The number of nitrogens with zero attached hydrogens (tertiary/aromatic N) is 6. The summed E-state index contributed by atoms with van der Waals surface area (Å²) >= 11 is 0. The number of hydrogen-bond acceptors (Lipinski definition) is 7. The second-order valence-corrected chi connectivity index (χ2v) is 6.89. The molecular formula is C20H16N6O3. The maximum Gasteiger partial charge on any atom is 0.261 e. The Morgan fingerprint density at radius 1 is 1.17 bits per heavy atom. The van der Waals surface area contributed by atoms with E-state index in [1.807, 2.05) is 12.1 Å². The number of aromatic nitrogens is 5. The molecule has 5 rings (SSSR count). The van der Waals surface area contributed by atoms with Crippen LogP contribution in [0, 0.1) is 0 Å². The zero-order valence-corrected chi connectivity index (χ0v) is 15.3. The summed E-state index contributed by atoms with van der Waals surface area (Å²) in [5, 5.41) is 4.48. The van der Waals surface area contributed by atoms with Crippen LogP contribution in [0.4, 0.5) is 0 Å². The van der Waals surface area contributed by atoms with Crippen LogP contribution in [0.25, 0.3) is 22.3 Å². The van der Waals surface area contributed by atoms with Crippen molar-refractivity contribution in [3.05, 3.63) is 71.4 Å². The van der Waals surface area contributed by atoms with Gasteiger partial charge >= 0.3 is 0 Å². The van der Waals surface area contributed by atoms with Gasteiger partial charge in [-0.2, -0.15) is 4.98 Å². The molecule has 4 aromatic rings. The Bertz CT molecular complexity index is 1240. The van der Waals surface area contributed by atoms with Crippen LogP contribution in [0.15, 0.2) is 64.4 Å². The van der Waals surface area contributed by atoms with Crippen molar-refractivity contribution in [1.82, 2.24) is 29.6 Å². The van der Waals surface area contributed by atoms with Crippen molar-refractivity contribution in [2.75, 3.05) is 13.1 Å². The van der Waals surface area contributed by atoms with Crippen molar-refractivity contribution >= 4 is 16.8 Å². The molecule has 0 atom stereocenters. The fraction of sp³-hybridized carbons (Fsp3) is 0.200. The quantitative estimate of drug-likeness (QED) is 0.521. The molecule has 1 amide bonds. The van der Waals surface area contributed by atoms with E-state index in [9.17, 15) is 9.59 Å². The van der Waals surface area contributed by atoms with Crippen LogP contribution in [-0.2, 0) is 11.3 Å². The normalized spacial score (nSPS) is 14.1. The molecule has 1 aliphatic heterocycles. The minimum absolute atomic E-state index is 0.0108. The smallest absolute Gasteiger partial charge is 0.261 e. The lowest BCUT2D eigenvalue weighted by molar-refractivity contribution is -0.136. The van der Waals surface area contributed by atoms with E-state index in [4.69, 9.17) is 4.52 Å². The van der Waals surface area contributed by atoms with E-state index in [2.05, 4.69) is 20.1 Å². The van der Waals surface area contributed by atoms with Crippen LogP contribution >= 0.6 is 0 Å². The van der Waals surface area contributed by atoms with Gasteiger partial charge in [0.2, 0.25) is 17.6 Å². The molecule has 0 radical (unpaired) electrons. The first-order valence-corrected chi connectivity index (χ1v) is 9.15. The predicted molar refractivity (Wildman–Crippen MR) is 103 cm³/mol. The number of benzene rings is 1. The number of pyridine rings is 1. The van der Waals surface area contributed by atoms with E-state index >= 15 is 0 Å². The first-order valence-electron chi connectivity index (χ1n) is 9.15. The molecule has 0 aliphatic carbocycles. The fourth-order valence-corrected chi connectivity index (χ4v) is 3.32. The number of hydrogen-bond donors (Lipinski definition) is 0. The highest BCUT2D eigenvalue weighted by Gasteiger charge is 2.35. The SMILES string of the molecule is O=C(Cn1cnc2ccccc2c1=O)N1CC(c2nc(-c3cccnc3)no2)C1. The third kappa shape index (κ3) is 3.16. The van der Waals surface area contributed by atoms with Crippen LogP contribution in [0.2, 0.25) is 0 Å². The molecule has 0 saturated carbocycles. The van der Waals surface area contributed by atoms with Gasteiger partial charge < -0.3 is 9.42 Å².